The summed E-state index contributed by atoms with van der Waals surface area (Å²) in [7, 11) is 2.01. The summed E-state index contributed by atoms with van der Waals surface area (Å²) in [6.45, 7) is 6.62. The van der Waals surface area contributed by atoms with Crippen LogP contribution in [-0.2, 0) is 0 Å². The number of fused-ring (bicyclic) bond motifs is 1. The van der Waals surface area contributed by atoms with Gasteiger partial charge in [0, 0.05) is 31.1 Å². The number of hydrogen-bond acceptors (Lipinski definition) is 6. The van der Waals surface area contributed by atoms with Gasteiger partial charge in [-0.05, 0) is 75.2 Å². The molecule has 0 amide bonds. The Bertz CT molecular complexity index is 907. The number of aryl methyl sites for hydroxylation is 1. The van der Waals surface area contributed by atoms with Crippen molar-refractivity contribution in [3.63, 3.8) is 0 Å². The molecule has 142 valence electrons. The van der Waals surface area contributed by atoms with Crippen LogP contribution in [0.3, 0.4) is 0 Å². The van der Waals surface area contributed by atoms with Crippen LogP contribution in [0, 0.1) is 6.92 Å². The fourth-order valence-corrected chi connectivity index (χ4v) is 3.96. The van der Waals surface area contributed by atoms with Gasteiger partial charge in [0.05, 0.1) is 10.7 Å². The van der Waals surface area contributed by atoms with Crippen LogP contribution in [-0.4, -0.2) is 48.4 Å². The van der Waals surface area contributed by atoms with Crippen LogP contribution in [0.15, 0.2) is 58.1 Å². The standard InChI is InChI=1S/C21H27N5O/c1-15-13-18(16-3-8-25(9-4-16)12-7-22-2)14-19-20(15)24-21(23-19)17-5-10-26(27)11-6-17/h5-6,10-11,13-14,16,22,27H,3-4,7-9,12H2,1-2H3. The lowest BCUT2D eigenvalue weighted by Crippen LogP contribution is -2.37. The molecular weight excluding hydrogens is 338 g/mol. The Morgan fingerprint density at radius 2 is 1.89 bits per heavy atom. The molecule has 0 aliphatic carbocycles. The molecule has 1 aromatic rings. The van der Waals surface area contributed by atoms with Crippen LogP contribution in [0.5, 0.6) is 0 Å². The molecule has 6 nitrogen and oxygen atoms in total. The molecule has 0 saturated carbocycles. The summed E-state index contributed by atoms with van der Waals surface area (Å²) in [4.78, 5) is 12.0. The van der Waals surface area contributed by atoms with E-state index in [1.54, 1.807) is 12.4 Å². The number of rotatable bonds is 4. The van der Waals surface area contributed by atoms with Crippen molar-refractivity contribution in [1.29, 1.82) is 0 Å². The normalized spacial score (nSPS) is 20.0. The summed E-state index contributed by atoms with van der Waals surface area (Å²) in [5, 5.41) is 15.6. The van der Waals surface area contributed by atoms with Gasteiger partial charge in [-0.25, -0.2) is 15.0 Å². The van der Waals surface area contributed by atoms with E-state index in [0.29, 0.717) is 11.7 Å². The second-order valence-electron chi connectivity index (χ2n) is 7.44. The van der Waals surface area contributed by atoms with Gasteiger partial charge in [-0.1, -0.05) is 6.07 Å². The van der Waals surface area contributed by atoms with E-state index in [-0.39, 0.29) is 0 Å². The molecule has 2 N–H and O–H groups in total. The maximum atomic E-state index is 9.40. The van der Waals surface area contributed by atoms with Gasteiger partial charge in [0.25, 0.3) is 0 Å². The first-order valence-corrected chi connectivity index (χ1v) is 9.67. The van der Waals surface area contributed by atoms with E-state index < -0.39 is 0 Å². The lowest BCUT2D eigenvalue weighted by atomic mass is 9.88. The molecule has 27 heavy (non-hydrogen) atoms. The Hall–Kier alpha value is -2.28. The minimum absolute atomic E-state index is 0.601. The van der Waals surface area contributed by atoms with Crippen molar-refractivity contribution in [1.82, 2.24) is 15.3 Å². The molecule has 0 radical (unpaired) electrons. The summed E-state index contributed by atoms with van der Waals surface area (Å²) in [5.74, 6) is 1.32. The minimum atomic E-state index is 0.601. The van der Waals surface area contributed by atoms with Crippen molar-refractivity contribution in [2.75, 3.05) is 33.2 Å². The smallest absolute Gasteiger partial charge is 0.160 e. The molecule has 6 heteroatoms. The van der Waals surface area contributed by atoms with Crippen molar-refractivity contribution in [2.24, 2.45) is 9.98 Å². The van der Waals surface area contributed by atoms with Crippen LogP contribution in [0.25, 0.3) is 0 Å². The molecule has 1 saturated heterocycles. The molecule has 1 fully saturated rings. The Kier molecular flexibility index (Phi) is 5.20. The van der Waals surface area contributed by atoms with Gasteiger partial charge in [-0.2, -0.15) is 0 Å². The number of hydroxylamine groups is 2. The van der Waals surface area contributed by atoms with Crippen molar-refractivity contribution in [2.45, 2.75) is 25.7 Å². The molecule has 0 aromatic heterocycles. The largest absolute Gasteiger partial charge is 0.318 e. The van der Waals surface area contributed by atoms with E-state index in [4.69, 9.17) is 9.98 Å². The van der Waals surface area contributed by atoms with Gasteiger partial charge in [0.15, 0.2) is 5.82 Å². The highest BCUT2D eigenvalue weighted by molar-refractivity contribution is 5.39. The van der Waals surface area contributed by atoms with Crippen molar-refractivity contribution < 1.29 is 5.21 Å². The van der Waals surface area contributed by atoms with Gasteiger partial charge in [0.2, 0.25) is 0 Å². The highest BCUT2D eigenvalue weighted by atomic mass is 16.5. The number of piperidine rings is 1. The topological polar surface area (TPSA) is 63.5 Å². The van der Waals surface area contributed by atoms with Crippen LogP contribution in [0.2, 0.25) is 0 Å². The van der Waals surface area contributed by atoms with Gasteiger partial charge in [0.1, 0.15) is 0 Å². The predicted octanol–water partition coefficient (Wildman–Crippen LogP) is 1.59. The number of allylic oxidation sites excluding steroid dienone is 3. The van der Waals surface area contributed by atoms with Crippen molar-refractivity contribution >= 4 is 0 Å². The Morgan fingerprint density at radius 3 is 2.59 bits per heavy atom. The van der Waals surface area contributed by atoms with E-state index >= 15 is 0 Å². The lowest BCUT2D eigenvalue weighted by Gasteiger charge is -2.32. The highest BCUT2D eigenvalue weighted by Crippen LogP contribution is 2.27. The summed E-state index contributed by atoms with van der Waals surface area (Å²) < 4.78 is 0. The molecule has 3 heterocycles. The number of nitrogens with zero attached hydrogens (tertiary/aromatic N) is 4. The number of nitrogens with one attached hydrogen (secondary N) is 1. The number of likely N-dealkylation sites (tertiary alicyclic amines) is 1. The summed E-state index contributed by atoms with van der Waals surface area (Å²) >= 11 is 0. The van der Waals surface area contributed by atoms with Crippen molar-refractivity contribution in [3.8, 4) is 0 Å². The Balaban J connectivity index is 1.56. The van der Waals surface area contributed by atoms with E-state index in [9.17, 15) is 5.21 Å². The number of hydrogen-bond donors (Lipinski definition) is 2. The fourth-order valence-electron chi connectivity index (χ4n) is 3.96. The third-order valence-electron chi connectivity index (χ3n) is 5.56. The maximum Gasteiger partial charge on any atom is 0.160 e. The zero-order chi connectivity index (χ0) is 18.8. The molecule has 0 unspecified atom stereocenters. The van der Waals surface area contributed by atoms with E-state index in [1.165, 1.54) is 24.0 Å². The third-order valence-corrected chi connectivity index (χ3v) is 5.56. The average molecular weight is 365 g/mol. The second-order valence-corrected chi connectivity index (χ2v) is 7.44. The minimum Gasteiger partial charge on any atom is -0.318 e. The van der Waals surface area contributed by atoms with Crippen LogP contribution < -0.4 is 16.0 Å². The van der Waals surface area contributed by atoms with E-state index in [2.05, 4.69) is 29.3 Å². The van der Waals surface area contributed by atoms with Crippen LogP contribution >= 0.6 is 0 Å². The first kappa shape index (κ1) is 18.1. The number of benzene rings is 1. The fraction of sp³-hybridized carbons (Fsp3) is 0.429. The third kappa shape index (κ3) is 3.88. The highest BCUT2D eigenvalue weighted by Gasteiger charge is 2.21. The quantitative estimate of drug-likeness (QED) is 0.851. The number of likely N-dealkylation sites (N-methyl/N-ethyl adjacent to an activating group) is 1. The predicted molar refractivity (Wildman–Crippen MR) is 105 cm³/mol. The molecule has 3 aliphatic heterocycles. The van der Waals surface area contributed by atoms with Crippen molar-refractivity contribution in [3.05, 3.63) is 69.9 Å². The maximum absolute atomic E-state index is 9.40. The molecule has 4 rings (SSSR count). The van der Waals surface area contributed by atoms with E-state index in [1.807, 2.05) is 19.2 Å². The molecular formula is C21H27N5O. The van der Waals surface area contributed by atoms with Gasteiger partial charge in [-0.3, -0.25) is 5.21 Å². The lowest BCUT2D eigenvalue weighted by molar-refractivity contribution is 0.0105. The first-order chi connectivity index (χ1) is 13.1. The van der Waals surface area contributed by atoms with Crippen LogP contribution in [0.4, 0.5) is 0 Å². The van der Waals surface area contributed by atoms with Gasteiger partial charge >= 0.3 is 0 Å². The second kappa shape index (κ2) is 7.76. The molecule has 0 bridgehead atoms. The van der Waals surface area contributed by atoms with Gasteiger partial charge < -0.3 is 10.2 Å². The van der Waals surface area contributed by atoms with E-state index in [0.717, 1.165) is 47.5 Å². The Morgan fingerprint density at radius 1 is 1.15 bits per heavy atom. The molecule has 0 atom stereocenters. The van der Waals surface area contributed by atoms with Gasteiger partial charge in [-0.15, -0.1) is 0 Å². The van der Waals surface area contributed by atoms with Crippen LogP contribution in [0.1, 0.15) is 29.9 Å². The zero-order valence-electron chi connectivity index (χ0n) is 16.0. The molecule has 3 aliphatic rings. The Labute approximate surface area is 159 Å². The summed E-state index contributed by atoms with van der Waals surface area (Å²) in [6.07, 6.45) is 9.24. The summed E-state index contributed by atoms with van der Waals surface area (Å²) in [5.41, 5.74) is 3.49. The monoisotopic (exact) mass is 365 g/mol. The molecule has 0 spiro atoms. The zero-order valence-corrected chi connectivity index (χ0v) is 16.0. The first-order valence-electron chi connectivity index (χ1n) is 9.67. The SMILES string of the molecule is CNCCN1CCC(c2cc(C)c3c(c2)=NC(=C2C=CN(O)C=C2)N=3)CC1. The summed E-state index contributed by atoms with van der Waals surface area (Å²) in [6, 6.07) is 4.52. The molecule has 1 aromatic carbocycles. The average Bonchev–Trinajstić information content (AvgIpc) is 3.12.